The van der Waals surface area contributed by atoms with Crippen LogP contribution in [-0.4, -0.2) is 14.6 Å². The maximum atomic E-state index is 4.44. The molecule has 0 fully saturated rings. The van der Waals surface area contributed by atoms with Crippen LogP contribution in [0.4, 0.5) is 0 Å². The Morgan fingerprint density at radius 1 is 1.17 bits per heavy atom. The van der Waals surface area contributed by atoms with Crippen LogP contribution in [0.5, 0.6) is 0 Å². The molecule has 3 nitrogen and oxygen atoms in total. The first-order valence-corrected chi connectivity index (χ1v) is 3.96. The van der Waals surface area contributed by atoms with E-state index in [0.717, 1.165) is 16.9 Å². The Kier molecular flexibility index (Phi) is 1.40. The minimum Gasteiger partial charge on any atom is -0.233 e. The van der Waals surface area contributed by atoms with Gasteiger partial charge in [-0.2, -0.15) is 5.10 Å². The summed E-state index contributed by atoms with van der Waals surface area (Å²) in [6.45, 7) is 6.07. The van der Waals surface area contributed by atoms with Crippen LogP contribution in [0, 0.1) is 20.8 Å². The summed E-state index contributed by atoms with van der Waals surface area (Å²) in [5.41, 5.74) is 4.33. The molecule has 0 radical (unpaired) electrons. The van der Waals surface area contributed by atoms with E-state index in [1.807, 2.05) is 37.7 Å². The summed E-state index contributed by atoms with van der Waals surface area (Å²) < 4.78 is 1.82. The van der Waals surface area contributed by atoms with E-state index in [1.54, 1.807) is 0 Å². The summed E-state index contributed by atoms with van der Waals surface area (Å²) in [7, 11) is 0. The van der Waals surface area contributed by atoms with Gasteiger partial charge in [0.1, 0.15) is 0 Å². The smallest absolute Gasteiger partial charge is 0.158 e. The molecule has 2 heterocycles. The van der Waals surface area contributed by atoms with E-state index < -0.39 is 0 Å². The normalized spacial score (nSPS) is 10.9. The van der Waals surface area contributed by atoms with Crippen LogP contribution < -0.4 is 0 Å². The topological polar surface area (TPSA) is 30.2 Å². The maximum absolute atomic E-state index is 4.44. The fourth-order valence-electron chi connectivity index (χ4n) is 1.20. The van der Waals surface area contributed by atoms with Gasteiger partial charge in [0.15, 0.2) is 5.65 Å². The lowest BCUT2D eigenvalue weighted by molar-refractivity contribution is 0.915. The van der Waals surface area contributed by atoms with Gasteiger partial charge in [-0.15, -0.1) is 0 Å². The van der Waals surface area contributed by atoms with Crippen LogP contribution in [0.3, 0.4) is 0 Å². The van der Waals surface area contributed by atoms with Crippen LogP contribution in [-0.2, 0) is 0 Å². The first-order chi connectivity index (χ1) is 5.68. The molecule has 0 aromatic carbocycles. The summed E-state index contributed by atoms with van der Waals surface area (Å²) in [4.78, 5) is 4.44. The van der Waals surface area contributed by atoms with Crippen molar-refractivity contribution in [3.8, 4) is 0 Å². The van der Waals surface area contributed by atoms with E-state index in [4.69, 9.17) is 0 Å². The van der Waals surface area contributed by atoms with Crippen LogP contribution in [0.25, 0.3) is 5.65 Å². The van der Waals surface area contributed by atoms with Crippen molar-refractivity contribution in [2.45, 2.75) is 20.8 Å². The van der Waals surface area contributed by atoms with Crippen molar-refractivity contribution in [2.75, 3.05) is 0 Å². The van der Waals surface area contributed by atoms with Gasteiger partial charge in [0, 0.05) is 17.5 Å². The monoisotopic (exact) mass is 161 g/mol. The lowest BCUT2D eigenvalue weighted by atomic mass is 10.3. The van der Waals surface area contributed by atoms with E-state index in [2.05, 4.69) is 10.1 Å². The molecule has 0 aliphatic carbocycles. The fourth-order valence-corrected chi connectivity index (χ4v) is 1.20. The molecule has 0 saturated carbocycles. The third kappa shape index (κ3) is 0.897. The van der Waals surface area contributed by atoms with Crippen molar-refractivity contribution in [3.63, 3.8) is 0 Å². The molecule has 3 heteroatoms. The Hall–Kier alpha value is -1.38. The molecule has 0 unspecified atom stereocenters. The van der Waals surface area contributed by atoms with Crippen LogP contribution in [0.1, 0.15) is 16.8 Å². The standard InChI is InChI=1S/C9H11N3/c1-6-4-10-12-5-7(2)8(3)11-9(6)12/h4-5H,1-3H3. The molecule has 0 bridgehead atoms. The number of nitrogens with zero attached hydrogens (tertiary/aromatic N) is 3. The van der Waals surface area contributed by atoms with E-state index in [1.165, 1.54) is 5.56 Å². The third-order valence-corrected chi connectivity index (χ3v) is 2.11. The van der Waals surface area contributed by atoms with Crippen molar-refractivity contribution in [1.29, 1.82) is 0 Å². The first kappa shape index (κ1) is 7.28. The summed E-state index contributed by atoms with van der Waals surface area (Å²) in [5.74, 6) is 0. The van der Waals surface area contributed by atoms with Gasteiger partial charge in [0.25, 0.3) is 0 Å². The molecule has 0 aliphatic heterocycles. The second-order valence-electron chi connectivity index (χ2n) is 3.11. The number of hydrogen-bond acceptors (Lipinski definition) is 2. The Morgan fingerprint density at radius 3 is 2.67 bits per heavy atom. The molecule has 0 spiro atoms. The SMILES string of the molecule is Cc1cn2ncc(C)c2nc1C. The highest BCUT2D eigenvalue weighted by atomic mass is 15.2. The molecular formula is C9H11N3. The Morgan fingerprint density at radius 2 is 1.92 bits per heavy atom. The average molecular weight is 161 g/mol. The van der Waals surface area contributed by atoms with Crippen LogP contribution in [0.15, 0.2) is 12.4 Å². The second-order valence-corrected chi connectivity index (χ2v) is 3.11. The molecule has 0 saturated heterocycles. The van der Waals surface area contributed by atoms with Crippen LogP contribution in [0.2, 0.25) is 0 Å². The molecule has 62 valence electrons. The van der Waals surface area contributed by atoms with Crippen LogP contribution >= 0.6 is 0 Å². The Balaban J connectivity index is 2.87. The zero-order valence-corrected chi connectivity index (χ0v) is 7.50. The molecule has 0 amide bonds. The van der Waals surface area contributed by atoms with Gasteiger partial charge in [-0.05, 0) is 26.3 Å². The molecule has 2 rings (SSSR count). The highest BCUT2D eigenvalue weighted by Crippen LogP contribution is 2.09. The minimum atomic E-state index is 0.957. The van der Waals surface area contributed by atoms with E-state index >= 15 is 0 Å². The van der Waals surface area contributed by atoms with E-state index in [0.29, 0.717) is 0 Å². The Bertz CT molecular complexity index is 429. The van der Waals surface area contributed by atoms with E-state index in [-0.39, 0.29) is 0 Å². The number of fused-ring (bicyclic) bond motifs is 1. The lowest BCUT2D eigenvalue weighted by Gasteiger charge is -1.99. The largest absolute Gasteiger partial charge is 0.233 e. The maximum Gasteiger partial charge on any atom is 0.158 e. The molecular weight excluding hydrogens is 150 g/mol. The average Bonchev–Trinajstić information content (AvgIpc) is 2.35. The van der Waals surface area contributed by atoms with Crippen molar-refractivity contribution >= 4 is 5.65 Å². The fraction of sp³-hybridized carbons (Fsp3) is 0.333. The van der Waals surface area contributed by atoms with Gasteiger partial charge in [-0.3, -0.25) is 0 Å². The van der Waals surface area contributed by atoms with Gasteiger partial charge in [-0.1, -0.05) is 0 Å². The number of hydrogen-bond donors (Lipinski definition) is 0. The van der Waals surface area contributed by atoms with Gasteiger partial charge in [-0.25, -0.2) is 9.50 Å². The summed E-state index contributed by atoms with van der Waals surface area (Å²) >= 11 is 0. The number of aromatic nitrogens is 3. The van der Waals surface area contributed by atoms with Gasteiger partial charge in [0.2, 0.25) is 0 Å². The predicted octanol–water partition coefficient (Wildman–Crippen LogP) is 1.65. The zero-order chi connectivity index (χ0) is 8.72. The molecule has 12 heavy (non-hydrogen) atoms. The van der Waals surface area contributed by atoms with Crippen molar-refractivity contribution in [1.82, 2.24) is 14.6 Å². The molecule has 0 atom stereocenters. The zero-order valence-electron chi connectivity index (χ0n) is 7.50. The van der Waals surface area contributed by atoms with Gasteiger partial charge < -0.3 is 0 Å². The highest BCUT2D eigenvalue weighted by molar-refractivity contribution is 5.46. The quantitative estimate of drug-likeness (QED) is 0.588. The second kappa shape index (κ2) is 2.30. The number of rotatable bonds is 0. The molecule has 0 N–H and O–H groups in total. The predicted molar refractivity (Wildman–Crippen MR) is 47.2 cm³/mol. The number of aryl methyl sites for hydroxylation is 3. The van der Waals surface area contributed by atoms with Crippen molar-refractivity contribution in [3.05, 3.63) is 29.2 Å². The first-order valence-electron chi connectivity index (χ1n) is 3.96. The molecule has 2 aromatic rings. The Labute approximate surface area is 71.1 Å². The lowest BCUT2D eigenvalue weighted by Crippen LogP contribution is -1.95. The summed E-state index contributed by atoms with van der Waals surface area (Å²) in [5, 5.41) is 4.17. The van der Waals surface area contributed by atoms with E-state index in [9.17, 15) is 0 Å². The summed E-state index contributed by atoms with van der Waals surface area (Å²) in [6, 6.07) is 0. The van der Waals surface area contributed by atoms with Gasteiger partial charge in [0.05, 0.1) is 6.20 Å². The van der Waals surface area contributed by atoms with Gasteiger partial charge >= 0.3 is 0 Å². The van der Waals surface area contributed by atoms with Crippen molar-refractivity contribution in [2.24, 2.45) is 0 Å². The van der Waals surface area contributed by atoms with Crippen molar-refractivity contribution < 1.29 is 0 Å². The molecule has 0 aliphatic rings. The molecule has 2 aromatic heterocycles. The highest BCUT2D eigenvalue weighted by Gasteiger charge is 2.02. The third-order valence-electron chi connectivity index (χ3n) is 2.11. The minimum absolute atomic E-state index is 0.957. The summed E-state index contributed by atoms with van der Waals surface area (Å²) in [6.07, 6.45) is 3.84.